The maximum atomic E-state index is 14.8. The van der Waals surface area contributed by atoms with Crippen molar-refractivity contribution in [2.45, 2.75) is 56.6 Å². The predicted octanol–water partition coefficient (Wildman–Crippen LogP) is 6.00. The predicted molar refractivity (Wildman–Crippen MR) is 156 cm³/mol. The van der Waals surface area contributed by atoms with E-state index in [-0.39, 0.29) is 75.6 Å². The average Bonchev–Trinajstić information content (AvgIpc) is 3.12. The standard InChI is InChI=1S/C29H29ClF4N4O3S/c1-5-23(39)38-15(3)11-36(12-16(38)4)27-19-10-20(29(32,33)34)24(17-7-8-22(31)21(30)9-17)26-25(19)37(28(40)35-27)13-18(14-42-26)41-6-2/h5,7-10,15-16,18H,1,6,11-14H2,2-4H3/t15-,16+,18-/m0/s1. The molecule has 0 saturated carbocycles. The molecule has 5 rings (SSSR count). The molecule has 224 valence electrons. The lowest BCUT2D eigenvalue weighted by Crippen LogP contribution is -2.58. The molecule has 0 spiro atoms. The van der Waals surface area contributed by atoms with Crippen LogP contribution in [0.5, 0.6) is 0 Å². The molecule has 2 aromatic carbocycles. The van der Waals surface area contributed by atoms with Crippen LogP contribution in [0.1, 0.15) is 26.3 Å². The molecule has 0 N–H and O–H groups in total. The first kappa shape index (κ1) is 30.4. The zero-order valence-electron chi connectivity index (χ0n) is 23.2. The molecule has 3 atom stereocenters. The summed E-state index contributed by atoms with van der Waals surface area (Å²) in [5, 5.41) is -0.164. The number of amides is 1. The highest BCUT2D eigenvalue weighted by atomic mass is 35.5. The summed E-state index contributed by atoms with van der Waals surface area (Å²) in [6.07, 6.45) is -4.04. The van der Waals surface area contributed by atoms with Gasteiger partial charge in [0.2, 0.25) is 5.91 Å². The number of nitrogens with zero attached hydrogens (tertiary/aromatic N) is 4. The third-order valence-corrected chi connectivity index (χ3v) is 9.08. The number of thioether (sulfide) groups is 1. The van der Waals surface area contributed by atoms with Crippen molar-refractivity contribution in [1.82, 2.24) is 14.5 Å². The Morgan fingerprint density at radius 2 is 1.90 bits per heavy atom. The van der Waals surface area contributed by atoms with Crippen LogP contribution in [0.15, 0.2) is 46.6 Å². The quantitative estimate of drug-likeness (QED) is 0.256. The van der Waals surface area contributed by atoms with E-state index in [0.717, 1.165) is 23.9 Å². The summed E-state index contributed by atoms with van der Waals surface area (Å²) in [7, 11) is 0. The second-order valence-electron chi connectivity index (χ2n) is 10.4. The van der Waals surface area contributed by atoms with Crippen molar-refractivity contribution < 1.29 is 27.1 Å². The highest BCUT2D eigenvalue weighted by Gasteiger charge is 2.40. The van der Waals surface area contributed by atoms with Gasteiger partial charge in [-0.05, 0) is 50.6 Å². The van der Waals surface area contributed by atoms with Gasteiger partial charge in [0.1, 0.15) is 11.6 Å². The number of rotatable bonds is 5. The van der Waals surface area contributed by atoms with Gasteiger partial charge in [-0.15, -0.1) is 11.8 Å². The Bertz CT molecular complexity index is 1620. The van der Waals surface area contributed by atoms with Gasteiger partial charge in [-0.25, -0.2) is 9.18 Å². The molecule has 1 aromatic heterocycles. The molecular weight excluding hydrogens is 596 g/mol. The lowest BCUT2D eigenvalue weighted by atomic mass is 9.96. The minimum Gasteiger partial charge on any atom is -0.376 e. The number of halogens is 5. The van der Waals surface area contributed by atoms with E-state index in [1.165, 1.54) is 22.8 Å². The zero-order chi connectivity index (χ0) is 30.5. The molecule has 3 aromatic rings. The van der Waals surface area contributed by atoms with Crippen molar-refractivity contribution in [3.05, 3.63) is 63.8 Å². The fourth-order valence-corrected chi connectivity index (χ4v) is 7.37. The number of benzene rings is 2. The van der Waals surface area contributed by atoms with Crippen LogP contribution in [-0.2, 0) is 22.3 Å². The first-order valence-electron chi connectivity index (χ1n) is 13.4. The summed E-state index contributed by atoms with van der Waals surface area (Å²) in [6, 6.07) is 3.81. The monoisotopic (exact) mass is 624 g/mol. The van der Waals surface area contributed by atoms with E-state index in [4.69, 9.17) is 16.3 Å². The van der Waals surface area contributed by atoms with Crippen molar-refractivity contribution in [2.75, 3.05) is 30.3 Å². The number of ether oxygens (including phenoxy) is 1. The van der Waals surface area contributed by atoms with Gasteiger partial charge < -0.3 is 14.5 Å². The molecule has 1 fully saturated rings. The lowest BCUT2D eigenvalue weighted by molar-refractivity contribution is -0.137. The maximum Gasteiger partial charge on any atom is 0.417 e. The number of piperazine rings is 1. The van der Waals surface area contributed by atoms with E-state index in [9.17, 15) is 27.2 Å². The molecule has 0 radical (unpaired) electrons. The highest BCUT2D eigenvalue weighted by molar-refractivity contribution is 7.99. The minimum absolute atomic E-state index is 0.0733. The number of anilines is 1. The first-order chi connectivity index (χ1) is 19.8. The Hall–Kier alpha value is -3.09. The molecule has 2 aliphatic heterocycles. The van der Waals surface area contributed by atoms with E-state index in [2.05, 4.69) is 11.6 Å². The van der Waals surface area contributed by atoms with E-state index >= 15 is 0 Å². The number of hydrogen-bond donors (Lipinski definition) is 0. The molecule has 1 amide bonds. The molecule has 0 unspecified atom stereocenters. The van der Waals surface area contributed by atoms with Crippen molar-refractivity contribution >= 4 is 46.0 Å². The summed E-state index contributed by atoms with van der Waals surface area (Å²) in [5.74, 6) is -0.623. The Labute approximate surface area is 249 Å². The van der Waals surface area contributed by atoms with Crippen LogP contribution >= 0.6 is 23.4 Å². The summed E-state index contributed by atoms with van der Waals surface area (Å²) in [4.78, 5) is 34.1. The van der Waals surface area contributed by atoms with E-state index in [1.54, 1.807) is 16.7 Å². The van der Waals surface area contributed by atoms with Gasteiger partial charge >= 0.3 is 11.9 Å². The van der Waals surface area contributed by atoms with Crippen molar-refractivity contribution in [3.8, 4) is 11.1 Å². The van der Waals surface area contributed by atoms with Gasteiger partial charge in [0.15, 0.2) is 0 Å². The van der Waals surface area contributed by atoms with Crippen LogP contribution in [0.2, 0.25) is 5.02 Å². The van der Waals surface area contributed by atoms with Gasteiger partial charge in [-0.2, -0.15) is 18.2 Å². The van der Waals surface area contributed by atoms with Crippen molar-refractivity contribution in [1.29, 1.82) is 0 Å². The molecule has 42 heavy (non-hydrogen) atoms. The number of alkyl halides is 3. The van der Waals surface area contributed by atoms with Crippen LogP contribution in [0, 0.1) is 5.82 Å². The topological polar surface area (TPSA) is 67.7 Å². The minimum atomic E-state index is -4.80. The third-order valence-electron chi connectivity index (χ3n) is 7.56. The van der Waals surface area contributed by atoms with Crippen LogP contribution in [0.4, 0.5) is 23.4 Å². The smallest absolute Gasteiger partial charge is 0.376 e. The van der Waals surface area contributed by atoms with Crippen LogP contribution < -0.4 is 10.6 Å². The molecule has 0 bridgehead atoms. The molecule has 1 saturated heterocycles. The molecule has 3 heterocycles. The molecule has 2 aliphatic rings. The van der Waals surface area contributed by atoms with Gasteiger partial charge in [0, 0.05) is 53.4 Å². The maximum absolute atomic E-state index is 14.8. The third kappa shape index (κ3) is 5.40. The second kappa shape index (κ2) is 11.5. The summed E-state index contributed by atoms with van der Waals surface area (Å²) >= 11 is 7.17. The number of carbonyl (C=O) groups is 1. The highest BCUT2D eigenvalue weighted by Crippen LogP contribution is 2.48. The fourth-order valence-electron chi connectivity index (χ4n) is 5.91. The zero-order valence-corrected chi connectivity index (χ0v) is 24.7. The molecule has 13 heteroatoms. The number of aromatic nitrogens is 2. The Morgan fingerprint density at radius 3 is 2.50 bits per heavy atom. The summed E-state index contributed by atoms with van der Waals surface area (Å²) < 4.78 is 65.8. The lowest BCUT2D eigenvalue weighted by Gasteiger charge is -2.44. The second-order valence-corrected chi connectivity index (χ2v) is 11.9. The van der Waals surface area contributed by atoms with Gasteiger partial charge in [0.05, 0.1) is 28.8 Å². The summed E-state index contributed by atoms with van der Waals surface area (Å²) in [6.45, 7) is 9.96. The fraction of sp³-hybridized carbons (Fsp3) is 0.414. The SMILES string of the molecule is C=CC(=O)N1[C@H](C)CN(c2nc(=O)n3c4c(c(-c5ccc(F)c(Cl)c5)c(C(F)(F)F)cc24)SC[C@@H](OCC)C3)C[C@@H]1C. The molecule has 0 aliphatic carbocycles. The van der Waals surface area contributed by atoms with E-state index < -0.39 is 29.4 Å². The first-order valence-corrected chi connectivity index (χ1v) is 14.8. The number of hydrogen-bond acceptors (Lipinski definition) is 6. The Morgan fingerprint density at radius 1 is 1.21 bits per heavy atom. The van der Waals surface area contributed by atoms with E-state index in [1.807, 2.05) is 13.8 Å². The number of carbonyl (C=O) groups excluding carboxylic acids is 1. The van der Waals surface area contributed by atoms with Crippen molar-refractivity contribution in [2.24, 2.45) is 0 Å². The summed E-state index contributed by atoms with van der Waals surface area (Å²) in [5.41, 5.74) is -1.40. The van der Waals surface area contributed by atoms with Gasteiger partial charge in [-0.3, -0.25) is 9.36 Å². The van der Waals surface area contributed by atoms with Crippen LogP contribution in [0.25, 0.3) is 22.0 Å². The Balaban J connectivity index is 1.82. The van der Waals surface area contributed by atoms with Crippen LogP contribution in [-0.4, -0.2) is 64.0 Å². The molecular formula is C29H29ClF4N4O3S. The normalized spacial score (nSPS) is 21.0. The van der Waals surface area contributed by atoms with Gasteiger partial charge in [-0.1, -0.05) is 24.2 Å². The van der Waals surface area contributed by atoms with Crippen LogP contribution in [0.3, 0.4) is 0 Å². The van der Waals surface area contributed by atoms with E-state index in [0.29, 0.717) is 12.1 Å². The van der Waals surface area contributed by atoms with Crippen molar-refractivity contribution in [3.63, 3.8) is 0 Å². The Kier molecular flexibility index (Phi) is 8.34. The molecule has 7 nitrogen and oxygen atoms in total. The van der Waals surface area contributed by atoms with Gasteiger partial charge in [0.25, 0.3) is 0 Å². The largest absolute Gasteiger partial charge is 0.417 e. The average molecular weight is 625 g/mol.